The van der Waals surface area contributed by atoms with Gasteiger partial charge < -0.3 is 15.2 Å². The molecule has 118 valence electrons. The van der Waals surface area contributed by atoms with Gasteiger partial charge in [0.1, 0.15) is 13.2 Å². The Bertz CT molecular complexity index is 400. The highest BCUT2D eigenvalue weighted by molar-refractivity contribution is 5.87. The number of nitrogens with two attached hydrogens (primary N) is 1. The maximum absolute atomic E-state index is 11.5. The number of ether oxygens (including phenoxy) is 2. The zero-order valence-electron chi connectivity index (χ0n) is 12.3. The third kappa shape index (κ3) is 12.6. The number of nitrogens with zero attached hydrogens (tertiary/aromatic N) is 1. The zero-order chi connectivity index (χ0) is 15.9. The normalized spacial score (nSPS) is 10.6. The molecule has 0 bridgehead atoms. The smallest absolute Gasteiger partial charge is 0.404 e. The minimum atomic E-state index is -0.892. The topological polar surface area (TPSA) is 108 Å². The summed E-state index contributed by atoms with van der Waals surface area (Å²) in [6.45, 7) is 2.15. The van der Waals surface area contributed by atoms with E-state index in [2.05, 4.69) is 9.73 Å². The SMILES string of the molecule is CC(=CCCCCCCN=C=O)C(=O)OCCOC(N)=O. The predicted octanol–water partition coefficient (Wildman–Crippen LogP) is 1.86. The average Bonchev–Trinajstić information content (AvgIpc) is 2.45. The second kappa shape index (κ2) is 12.9. The van der Waals surface area contributed by atoms with E-state index in [9.17, 15) is 14.4 Å². The molecule has 0 spiro atoms. The second-order valence-electron chi connectivity index (χ2n) is 4.37. The quantitative estimate of drug-likeness (QED) is 0.206. The highest BCUT2D eigenvalue weighted by atomic mass is 16.6. The number of unbranched alkanes of at least 4 members (excludes halogenated alkanes) is 4. The van der Waals surface area contributed by atoms with E-state index in [1.807, 2.05) is 6.08 Å². The monoisotopic (exact) mass is 298 g/mol. The molecule has 0 aliphatic rings. The number of allylic oxidation sites excluding steroid dienone is 1. The van der Waals surface area contributed by atoms with Gasteiger partial charge in [0.15, 0.2) is 0 Å². The highest BCUT2D eigenvalue weighted by Crippen LogP contribution is 2.06. The van der Waals surface area contributed by atoms with Crippen molar-refractivity contribution in [2.24, 2.45) is 10.7 Å². The third-order valence-corrected chi connectivity index (χ3v) is 2.62. The fourth-order valence-corrected chi connectivity index (χ4v) is 1.53. The number of rotatable bonds is 11. The Morgan fingerprint density at radius 1 is 1.14 bits per heavy atom. The molecule has 0 fully saturated rings. The molecule has 0 aliphatic heterocycles. The van der Waals surface area contributed by atoms with Crippen LogP contribution in [0.4, 0.5) is 4.79 Å². The van der Waals surface area contributed by atoms with Crippen LogP contribution in [0.5, 0.6) is 0 Å². The van der Waals surface area contributed by atoms with Crippen LogP contribution in [0, 0.1) is 0 Å². The fraction of sp³-hybridized carbons (Fsp3) is 0.643. The van der Waals surface area contributed by atoms with Crippen LogP contribution in [0.15, 0.2) is 16.6 Å². The van der Waals surface area contributed by atoms with Gasteiger partial charge in [-0.1, -0.05) is 18.9 Å². The van der Waals surface area contributed by atoms with Crippen molar-refractivity contribution in [3.05, 3.63) is 11.6 Å². The summed E-state index contributed by atoms with van der Waals surface area (Å²) in [4.78, 5) is 35.1. The van der Waals surface area contributed by atoms with Crippen molar-refractivity contribution in [3.63, 3.8) is 0 Å². The fourth-order valence-electron chi connectivity index (χ4n) is 1.53. The van der Waals surface area contributed by atoms with Crippen molar-refractivity contribution in [2.45, 2.75) is 39.0 Å². The van der Waals surface area contributed by atoms with Gasteiger partial charge in [-0.2, -0.15) is 0 Å². The predicted molar refractivity (Wildman–Crippen MR) is 76.3 cm³/mol. The molecule has 0 saturated carbocycles. The molecule has 0 heterocycles. The molecule has 21 heavy (non-hydrogen) atoms. The lowest BCUT2D eigenvalue weighted by molar-refractivity contribution is -0.139. The molecule has 2 N–H and O–H groups in total. The summed E-state index contributed by atoms with van der Waals surface area (Å²) in [5, 5.41) is 0. The molecule has 7 nitrogen and oxygen atoms in total. The van der Waals surface area contributed by atoms with E-state index >= 15 is 0 Å². The standard InChI is InChI=1S/C14H22N2O5/c1-12(13(18)20-9-10-21-14(15)19)7-5-3-2-4-6-8-16-11-17/h7H,2-6,8-10H2,1H3,(H2,15,19). The Kier molecular flexibility index (Phi) is 11.6. The van der Waals surface area contributed by atoms with E-state index < -0.39 is 12.1 Å². The molecule has 0 aromatic rings. The molecule has 7 heteroatoms. The van der Waals surface area contributed by atoms with Gasteiger partial charge in [0.25, 0.3) is 0 Å². The minimum absolute atomic E-state index is 0.00972. The summed E-state index contributed by atoms with van der Waals surface area (Å²) in [6.07, 6.45) is 7.06. The molecule has 0 aliphatic carbocycles. The number of esters is 1. The van der Waals surface area contributed by atoms with Crippen molar-refractivity contribution in [1.82, 2.24) is 0 Å². The van der Waals surface area contributed by atoms with Crippen LogP contribution in [0.3, 0.4) is 0 Å². The van der Waals surface area contributed by atoms with Gasteiger partial charge in [-0.05, 0) is 26.2 Å². The van der Waals surface area contributed by atoms with Crippen LogP contribution in [0.25, 0.3) is 0 Å². The summed E-state index contributed by atoms with van der Waals surface area (Å²) < 4.78 is 9.32. The van der Waals surface area contributed by atoms with Gasteiger partial charge in [0, 0.05) is 5.57 Å². The van der Waals surface area contributed by atoms with Crippen LogP contribution >= 0.6 is 0 Å². The number of aliphatic imine (C=N–C) groups is 1. The number of hydrogen-bond acceptors (Lipinski definition) is 6. The lowest BCUT2D eigenvalue weighted by Gasteiger charge is -2.05. The molecular formula is C14H22N2O5. The van der Waals surface area contributed by atoms with Gasteiger partial charge in [-0.15, -0.1) is 0 Å². The molecule has 0 unspecified atom stereocenters. The lowest BCUT2D eigenvalue weighted by Crippen LogP contribution is -2.18. The maximum atomic E-state index is 11.5. The molecule has 0 radical (unpaired) electrons. The van der Waals surface area contributed by atoms with Crippen LogP contribution in [-0.2, 0) is 19.1 Å². The summed E-state index contributed by atoms with van der Waals surface area (Å²) in [6, 6.07) is 0. The molecule has 0 rings (SSSR count). The number of primary amides is 1. The Hall–Kier alpha value is -2.14. The molecule has 1 amide bonds. The van der Waals surface area contributed by atoms with Crippen molar-refractivity contribution < 1.29 is 23.9 Å². The molecular weight excluding hydrogens is 276 g/mol. The highest BCUT2D eigenvalue weighted by Gasteiger charge is 2.05. The van der Waals surface area contributed by atoms with Crippen molar-refractivity contribution in [1.29, 1.82) is 0 Å². The Morgan fingerprint density at radius 2 is 1.81 bits per heavy atom. The number of amides is 1. The first-order chi connectivity index (χ1) is 10.1. The summed E-state index contributed by atoms with van der Waals surface area (Å²) in [7, 11) is 0. The largest absolute Gasteiger partial charge is 0.459 e. The van der Waals surface area contributed by atoms with Crippen molar-refractivity contribution in [2.75, 3.05) is 19.8 Å². The van der Waals surface area contributed by atoms with E-state index in [4.69, 9.17) is 10.5 Å². The first-order valence-electron chi connectivity index (χ1n) is 6.87. The Morgan fingerprint density at radius 3 is 2.48 bits per heavy atom. The van der Waals surface area contributed by atoms with E-state index in [0.717, 1.165) is 32.1 Å². The van der Waals surface area contributed by atoms with Gasteiger partial charge >= 0.3 is 12.1 Å². The number of carbonyl (C=O) groups excluding carboxylic acids is 3. The van der Waals surface area contributed by atoms with Crippen LogP contribution in [-0.4, -0.2) is 37.9 Å². The Balaban J connectivity index is 3.63. The van der Waals surface area contributed by atoms with Crippen LogP contribution in [0.2, 0.25) is 0 Å². The van der Waals surface area contributed by atoms with Crippen molar-refractivity contribution in [3.8, 4) is 0 Å². The Labute approximate surface area is 124 Å². The van der Waals surface area contributed by atoms with Crippen LogP contribution < -0.4 is 5.73 Å². The van der Waals surface area contributed by atoms with Gasteiger partial charge in [-0.3, -0.25) is 0 Å². The molecule has 0 aromatic heterocycles. The van der Waals surface area contributed by atoms with Crippen molar-refractivity contribution >= 4 is 18.1 Å². The van der Waals surface area contributed by atoms with Crippen LogP contribution in [0.1, 0.15) is 39.0 Å². The molecule has 0 saturated heterocycles. The average molecular weight is 298 g/mol. The van der Waals surface area contributed by atoms with E-state index in [1.54, 1.807) is 6.92 Å². The van der Waals surface area contributed by atoms with E-state index in [-0.39, 0.29) is 13.2 Å². The maximum Gasteiger partial charge on any atom is 0.404 e. The molecule has 0 aromatic carbocycles. The number of isocyanates is 1. The zero-order valence-corrected chi connectivity index (χ0v) is 12.3. The first-order valence-corrected chi connectivity index (χ1v) is 6.87. The minimum Gasteiger partial charge on any atom is -0.459 e. The lowest BCUT2D eigenvalue weighted by atomic mass is 10.1. The third-order valence-electron chi connectivity index (χ3n) is 2.62. The number of hydrogen-bond donors (Lipinski definition) is 1. The van der Waals surface area contributed by atoms with E-state index in [1.165, 1.54) is 6.08 Å². The summed E-state index contributed by atoms with van der Waals surface area (Å²) in [5.41, 5.74) is 5.29. The first kappa shape index (κ1) is 18.9. The second-order valence-corrected chi connectivity index (χ2v) is 4.37. The van der Waals surface area contributed by atoms with Gasteiger partial charge in [0.05, 0.1) is 6.54 Å². The number of carbonyl (C=O) groups is 2. The molecule has 0 atom stereocenters. The summed E-state index contributed by atoms with van der Waals surface area (Å²) >= 11 is 0. The summed E-state index contributed by atoms with van der Waals surface area (Å²) in [5.74, 6) is -0.427. The van der Waals surface area contributed by atoms with E-state index in [0.29, 0.717) is 12.1 Å². The van der Waals surface area contributed by atoms with Gasteiger partial charge in [-0.25, -0.2) is 19.4 Å². The van der Waals surface area contributed by atoms with Gasteiger partial charge in [0.2, 0.25) is 6.08 Å².